The molecule has 0 saturated heterocycles. The average Bonchev–Trinajstić information content (AvgIpc) is 2.47. The van der Waals surface area contributed by atoms with Crippen LogP contribution in [-0.4, -0.2) is 12.2 Å². The van der Waals surface area contributed by atoms with Crippen molar-refractivity contribution in [3.05, 3.63) is 59.7 Å². The lowest BCUT2D eigenvalue weighted by Crippen LogP contribution is -2.22. The van der Waals surface area contributed by atoms with Crippen LogP contribution >= 0.6 is 0 Å². The van der Waals surface area contributed by atoms with E-state index in [0.29, 0.717) is 5.75 Å². The van der Waals surface area contributed by atoms with Gasteiger partial charge in [0.15, 0.2) is 0 Å². The third kappa shape index (κ3) is 3.31. The second-order valence-electron chi connectivity index (χ2n) is 4.95. The van der Waals surface area contributed by atoms with E-state index in [0.717, 1.165) is 16.9 Å². The molecule has 2 aromatic rings. The standard InChI is InChI=1S/C17H21NO2/c1-12(14-7-6-8-15(19)11-14)18-13(2)16-9-4-5-10-17(16)20-3/h4-13,18-19H,1-3H3/t12?,13-/m0/s1. The molecule has 0 fully saturated rings. The molecule has 0 heterocycles. The lowest BCUT2D eigenvalue weighted by Gasteiger charge is -2.22. The molecule has 0 aromatic heterocycles. The van der Waals surface area contributed by atoms with Gasteiger partial charge in [0.1, 0.15) is 11.5 Å². The zero-order chi connectivity index (χ0) is 14.5. The maximum absolute atomic E-state index is 9.55. The summed E-state index contributed by atoms with van der Waals surface area (Å²) >= 11 is 0. The summed E-state index contributed by atoms with van der Waals surface area (Å²) < 4.78 is 5.39. The summed E-state index contributed by atoms with van der Waals surface area (Å²) in [5.41, 5.74) is 2.19. The van der Waals surface area contributed by atoms with Gasteiger partial charge in [-0.2, -0.15) is 0 Å². The molecule has 2 atom stereocenters. The van der Waals surface area contributed by atoms with Gasteiger partial charge in [0.05, 0.1) is 7.11 Å². The van der Waals surface area contributed by atoms with E-state index in [1.165, 1.54) is 0 Å². The predicted molar refractivity (Wildman–Crippen MR) is 81.1 cm³/mol. The van der Waals surface area contributed by atoms with Crippen molar-refractivity contribution in [2.24, 2.45) is 0 Å². The molecular weight excluding hydrogens is 250 g/mol. The van der Waals surface area contributed by atoms with Crippen LogP contribution in [0.2, 0.25) is 0 Å². The van der Waals surface area contributed by atoms with Crippen LogP contribution in [0.15, 0.2) is 48.5 Å². The van der Waals surface area contributed by atoms with Crippen molar-refractivity contribution in [2.75, 3.05) is 7.11 Å². The zero-order valence-corrected chi connectivity index (χ0v) is 12.1. The summed E-state index contributed by atoms with van der Waals surface area (Å²) in [4.78, 5) is 0. The van der Waals surface area contributed by atoms with Gasteiger partial charge in [-0.05, 0) is 37.6 Å². The van der Waals surface area contributed by atoms with Crippen LogP contribution in [0.5, 0.6) is 11.5 Å². The van der Waals surface area contributed by atoms with Crippen LogP contribution in [0.1, 0.15) is 37.1 Å². The van der Waals surface area contributed by atoms with Gasteiger partial charge in [0.25, 0.3) is 0 Å². The number of benzene rings is 2. The summed E-state index contributed by atoms with van der Waals surface area (Å²) in [6.45, 7) is 4.19. The summed E-state index contributed by atoms with van der Waals surface area (Å²) in [6, 6.07) is 15.6. The lowest BCUT2D eigenvalue weighted by molar-refractivity contribution is 0.396. The van der Waals surface area contributed by atoms with E-state index in [2.05, 4.69) is 25.2 Å². The first kappa shape index (κ1) is 14.4. The highest BCUT2D eigenvalue weighted by atomic mass is 16.5. The Kier molecular flexibility index (Phi) is 4.64. The molecule has 106 valence electrons. The molecule has 0 spiro atoms. The third-order valence-electron chi connectivity index (χ3n) is 3.48. The fraction of sp³-hybridized carbons (Fsp3) is 0.294. The lowest BCUT2D eigenvalue weighted by atomic mass is 10.0. The number of rotatable bonds is 5. The van der Waals surface area contributed by atoms with Crippen LogP contribution in [-0.2, 0) is 0 Å². The number of hydrogen-bond acceptors (Lipinski definition) is 3. The first-order chi connectivity index (χ1) is 9.61. The van der Waals surface area contributed by atoms with Crippen molar-refractivity contribution < 1.29 is 9.84 Å². The first-order valence-corrected chi connectivity index (χ1v) is 6.79. The molecule has 2 N–H and O–H groups in total. The maximum Gasteiger partial charge on any atom is 0.123 e. The molecule has 0 aliphatic rings. The van der Waals surface area contributed by atoms with E-state index >= 15 is 0 Å². The number of phenolic OH excluding ortho intramolecular Hbond substituents is 1. The highest BCUT2D eigenvalue weighted by Gasteiger charge is 2.14. The minimum absolute atomic E-state index is 0.141. The smallest absolute Gasteiger partial charge is 0.123 e. The Labute approximate surface area is 120 Å². The Morgan fingerprint density at radius 1 is 1.00 bits per heavy atom. The zero-order valence-electron chi connectivity index (χ0n) is 12.1. The van der Waals surface area contributed by atoms with Crippen LogP contribution in [0.4, 0.5) is 0 Å². The highest BCUT2D eigenvalue weighted by molar-refractivity contribution is 5.36. The van der Waals surface area contributed by atoms with Crippen molar-refractivity contribution in [3.8, 4) is 11.5 Å². The monoisotopic (exact) mass is 271 g/mol. The van der Waals surface area contributed by atoms with Crippen LogP contribution < -0.4 is 10.1 Å². The van der Waals surface area contributed by atoms with Gasteiger partial charge in [0.2, 0.25) is 0 Å². The quantitative estimate of drug-likeness (QED) is 0.868. The van der Waals surface area contributed by atoms with Crippen molar-refractivity contribution in [3.63, 3.8) is 0 Å². The maximum atomic E-state index is 9.55. The van der Waals surface area contributed by atoms with Crippen molar-refractivity contribution in [2.45, 2.75) is 25.9 Å². The van der Waals surface area contributed by atoms with Gasteiger partial charge in [-0.3, -0.25) is 0 Å². The Morgan fingerprint density at radius 3 is 2.45 bits per heavy atom. The molecule has 0 aliphatic heterocycles. The van der Waals surface area contributed by atoms with E-state index in [1.807, 2.05) is 30.3 Å². The molecule has 3 heteroatoms. The number of ether oxygens (including phenoxy) is 1. The van der Waals surface area contributed by atoms with E-state index in [4.69, 9.17) is 4.74 Å². The molecular formula is C17H21NO2. The first-order valence-electron chi connectivity index (χ1n) is 6.79. The minimum Gasteiger partial charge on any atom is -0.508 e. The van der Waals surface area contributed by atoms with Gasteiger partial charge < -0.3 is 15.2 Å². The van der Waals surface area contributed by atoms with Gasteiger partial charge >= 0.3 is 0 Å². The van der Waals surface area contributed by atoms with Gasteiger partial charge in [0, 0.05) is 17.6 Å². The van der Waals surface area contributed by atoms with E-state index in [-0.39, 0.29) is 12.1 Å². The summed E-state index contributed by atoms with van der Waals surface area (Å²) in [5, 5.41) is 13.1. The number of nitrogens with one attached hydrogen (secondary N) is 1. The largest absolute Gasteiger partial charge is 0.508 e. The Morgan fingerprint density at radius 2 is 1.75 bits per heavy atom. The van der Waals surface area contributed by atoms with Crippen LogP contribution in [0, 0.1) is 0 Å². The molecule has 3 nitrogen and oxygen atoms in total. The third-order valence-corrected chi connectivity index (χ3v) is 3.48. The number of phenols is 1. The number of aromatic hydroxyl groups is 1. The second kappa shape index (κ2) is 6.44. The summed E-state index contributed by atoms with van der Waals surface area (Å²) in [5.74, 6) is 1.18. The van der Waals surface area contributed by atoms with Gasteiger partial charge in [-0.25, -0.2) is 0 Å². The topological polar surface area (TPSA) is 41.5 Å². The molecule has 1 unspecified atom stereocenters. The number of hydrogen-bond donors (Lipinski definition) is 2. The molecule has 0 amide bonds. The average molecular weight is 271 g/mol. The summed E-state index contributed by atoms with van der Waals surface area (Å²) in [6.07, 6.45) is 0. The fourth-order valence-electron chi connectivity index (χ4n) is 2.38. The SMILES string of the molecule is COc1ccccc1[C@H](C)NC(C)c1cccc(O)c1. The van der Waals surface area contributed by atoms with E-state index in [1.54, 1.807) is 19.2 Å². The molecule has 0 aliphatic carbocycles. The highest BCUT2D eigenvalue weighted by Crippen LogP contribution is 2.27. The minimum atomic E-state index is 0.141. The summed E-state index contributed by atoms with van der Waals surface area (Å²) in [7, 11) is 1.68. The Balaban J connectivity index is 2.13. The van der Waals surface area contributed by atoms with E-state index < -0.39 is 0 Å². The van der Waals surface area contributed by atoms with Crippen LogP contribution in [0.25, 0.3) is 0 Å². The van der Waals surface area contributed by atoms with E-state index in [9.17, 15) is 5.11 Å². The second-order valence-corrected chi connectivity index (χ2v) is 4.95. The molecule has 2 rings (SSSR count). The Hall–Kier alpha value is -2.00. The van der Waals surface area contributed by atoms with Gasteiger partial charge in [-0.1, -0.05) is 30.3 Å². The molecule has 0 radical (unpaired) electrons. The normalized spacial score (nSPS) is 13.8. The number of methoxy groups -OCH3 is 1. The fourth-order valence-corrected chi connectivity index (χ4v) is 2.38. The molecule has 2 aromatic carbocycles. The van der Waals surface area contributed by atoms with Gasteiger partial charge in [-0.15, -0.1) is 0 Å². The molecule has 0 bridgehead atoms. The van der Waals surface area contributed by atoms with Crippen LogP contribution in [0.3, 0.4) is 0 Å². The Bertz CT molecular complexity index is 568. The number of para-hydroxylation sites is 1. The van der Waals surface area contributed by atoms with Crippen molar-refractivity contribution in [1.29, 1.82) is 0 Å². The molecule has 0 saturated carbocycles. The predicted octanol–water partition coefficient (Wildman–Crippen LogP) is 3.81. The molecule has 20 heavy (non-hydrogen) atoms. The van der Waals surface area contributed by atoms with Crippen molar-refractivity contribution >= 4 is 0 Å². The van der Waals surface area contributed by atoms with Crippen molar-refractivity contribution in [1.82, 2.24) is 5.32 Å².